The van der Waals surface area contributed by atoms with Crippen LogP contribution in [-0.4, -0.2) is 61.1 Å². The summed E-state index contributed by atoms with van der Waals surface area (Å²) in [7, 11) is 0. The Morgan fingerprint density at radius 1 is 1.04 bits per heavy atom. The van der Waals surface area contributed by atoms with Crippen molar-refractivity contribution in [3.63, 3.8) is 0 Å². The minimum Gasteiger partial charge on any atom is -0.378 e. The third kappa shape index (κ3) is 3.47. The normalized spacial score (nSPS) is 18.1. The van der Waals surface area contributed by atoms with Gasteiger partial charge in [-0.1, -0.05) is 12.1 Å². The molecule has 2 saturated heterocycles. The number of hydrogen-bond acceptors (Lipinski definition) is 3. The molecule has 0 aromatic heterocycles. The maximum absolute atomic E-state index is 12.7. The van der Waals surface area contributed by atoms with E-state index in [4.69, 9.17) is 4.74 Å². The van der Waals surface area contributed by atoms with Crippen LogP contribution in [0.5, 0.6) is 0 Å². The molecule has 1 N–H and O–H groups in total. The van der Waals surface area contributed by atoms with Gasteiger partial charge in [0.1, 0.15) is 0 Å². The molecule has 6 heteroatoms. The van der Waals surface area contributed by atoms with Gasteiger partial charge in [-0.2, -0.15) is 0 Å². The van der Waals surface area contributed by atoms with Crippen molar-refractivity contribution in [1.29, 1.82) is 0 Å². The van der Waals surface area contributed by atoms with E-state index in [0.29, 0.717) is 37.6 Å². The summed E-state index contributed by atoms with van der Waals surface area (Å²) in [6.45, 7) is 5.77. The standard InChI is InChI=1S/C17H23N3O3/c1-13-5-4-6-14(16(21)19-7-2-3-8-19)15(13)18-17(22)20-9-11-23-12-10-20/h4-6H,2-3,7-12H2,1H3,(H,18,22). The highest BCUT2D eigenvalue weighted by molar-refractivity contribution is 6.04. The van der Waals surface area contributed by atoms with Gasteiger partial charge in [0, 0.05) is 26.2 Å². The molecule has 2 aliphatic rings. The summed E-state index contributed by atoms with van der Waals surface area (Å²) < 4.78 is 5.27. The van der Waals surface area contributed by atoms with Crippen molar-refractivity contribution in [3.8, 4) is 0 Å². The minimum atomic E-state index is -0.168. The zero-order chi connectivity index (χ0) is 16.2. The lowest BCUT2D eigenvalue weighted by Gasteiger charge is -2.28. The number of carbonyl (C=O) groups is 2. The van der Waals surface area contributed by atoms with Crippen LogP contribution in [0.4, 0.5) is 10.5 Å². The van der Waals surface area contributed by atoms with Crippen LogP contribution in [0.15, 0.2) is 18.2 Å². The van der Waals surface area contributed by atoms with E-state index in [1.165, 1.54) is 0 Å². The molecule has 0 bridgehead atoms. The second-order valence-corrected chi connectivity index (χ2v) is 6.03. The fourth-order valence-electron chi connectivity index (χ4n) is 3.05. The molecule has 3 rings (SSSR count). The van der Waals surface area contributed by atoms with E-state index in [1.54, 1.807) is 11.0 Å². The number of hydrogen-bond donors (Lipinski definition) is 1. The Morgan fingerprint density at radius 3 is 2.43 bits per heavy atom. The number of carbonyl (C=O) groups excluding carboxylic acids is 2. The first-order chi connectivity index (χ1) is 11.2. The molecule has 0 aliphatic carbocycles. The first-order valence-electron chi connectivity index (χ1n) is 8.19. The van der Waals surface area contributed by atoms with Gasteiger partial charge >= 0.3 is 6.03 Å². The molecule has 1 aromatic rings. The SMILES string of the molecule is Cc1cccc(C(=O)N2CCCC2)c1NC(=O)N1CCOCC1. The van der Waals surface area contributed by atoms with Gasteiger partial charge in [-0.15, -0.1) is 0 Å². The maximum atomic E-state index is 12.7. The van der Waals surface area contributed by atoms with Crippen LogP contribution in [0.25, 0.3) is 0 Å². The van der Waals surface area contributed by atoms with Crippen molar-refractivity contribution >= 4 is 17.6 Å². The molecule has 1 aromatic carbocycles. The average molecular weight is 317 g/mol. The van der Waals surface area contributed by atoms with Crippen LogP contribution in [0.1, 0.15) is 28.8 Å². The molecule has 3 amide bonds. The van der Waals surface area contributed by atoms with Gasteiger partial charge in [0.05, 0.1) is 24.5 Å². The Balaban J connectivity index is 1.80. The third-order valence-electron chi connectivity index (χ3n) is 4.43. The van der Waals surface area contributed by atoms with Gasteiger partial charge < -0.3 is 19.9 Å². The number of nitrogens with one attached hydrogen (secondary N) is 1. The number of para-hydroxylation sites is 1. The van der Waals surface area contributed by atoms with Gasteiger partial charge in [0.2, 0.25) is 0 Å². The second kappa shape index (κ2) is 7.00. The monoisotopic (exact) mass is 317 g/mol. The quantitative estimate of drug-likeness (QED) is 0.908. The number of aryl methyl sites for hydroxylation is 1. The van der Waals surface area contributed by atoms with Crippen molar-refractivity contribution in [3.05, 3.63) is 29.3 Å². The predicted molar refractivity (Wildman–Crippen MR) is 87.7 cm³/mol. The molecule has 6 nitrogen and oxygen atoms in total. The summed E-state index contributed by atoms with van der Waals surface area (Å²) in [4.78, 5) is 28.8. The highest BCUT2D eigenvalue weighted by atomic mass is 16.5. The number of nitrogens with zero attached hydrogens (tertiary/aromatic N) is 2. The van der Waals surface area contributed by atoms with Gasteiger partial charge in [-0.25, -0.2) is 4.79 Å². The van der Waals surface area contributed by atoms with Crippen molar-refractivity contribution < 1.29 is 14.3 Å². The number of anilines is 1. The molecular weight excluding hydrogens is 294 g/mol. The first-order valence-corrected chi connectivity index (χ1v) is 8.19. The number of urea groups is 1. The van der Waals surface area contributed by atoms with E-state index in [1.807, 2.05) is 24.0 Å². The third-order valence-corrected chi connectivity index (χ3v) is 4.43. The number of amides is 3. The summed E-state index contributed by atoms with van der Waals surface area (Å²) in [5, 5.41) is 2.94. The minimum absolute atomic E-state index is 0.00322. The number of rotatable bonds is 2. The van der Waals surface area contributed by atoms with Crippen molar-refractivity contribution in [1.82, 2.24) is 9.80 Å². The molecule has 0 atom stereocenters. The number of morpholine rings is 1. The van der Waals surface area contributed by atoms with E-state index >= 15 is 0 Å². The molecule has 2 heterocycles. The Morgan fingerprint density at radius 2 is 1.74 bits per heavy atom. The van der Waals surface area contributed by atoms with Gasteiger partial charge in [-0.05, 0) is 31.4 Å². The summed E-state index contributed by atoms with van der Waals surface area (Å²) in [6, 6.07) is 5.40. The highest BCUT2D eigenvalue weighted by Gasteiger charge is 2.24. The Hall–Kier alpha value is -2.08. The van der Waals surface area contributed by atoms with E-state index in [-0.39, 0.29) is 11.9 Å². The smallest absolute Gasteiger partial charge is 0.322 e. The molecule has 2 aliphatic heterocycles. The van der Waals surface area contributed by atoms with E-state index in [0.717, 1.165) is 31.5 Å². The van der Waals surface area contributed by atoms with Crippen LogP contribution in [0, 0.1) is 6.92 Å². The lowest BCUT2D eigenvalue weighted by atomic mass is 10.1. The predicted octanol–water partition coefficient (Wildman–Crippen LogP) is 2.10. The summed E-state index contributed by atoms with van der Waals surface area (Å²) >= 11 is 0. The average Bonchev–Trinajstić information content (AvgIpc) is 3.11. The van der Waals surface area contributed by atoms with Crippen LogP contribution < -0.4 is 5.32 Å². The zero-order valence-corrected chi connectivity index (χ0v) is 13.5. The summed E-state index contributed by atoms with van der Waals surface area (Å²) in [5.41, 5.74) is 2.10. The number of ether oxygens (including phenoxy) is 1. The fourth-order valence-corrected chi connectivity index (χ4v) is 3.05. The zero-order valence-electron chi connectivity index (χ0n) is 13.5. The van der Waals surface area contributed by atoms with Gasteiger partial charge in [0.15, 0.2) is 0 Å². The van der Waals surface area contributed by atoms with Crippen molar-refractivity contribution in [2.24, 2.45) is 0 Å². The molecule has 0 radical (unpaired) electrons. The Labute approximate surface area is 136 Å². The van der Waals surface area contributed by atoms with Crippen molar-refractivity contribution in [2.75, 3.05) is 44.7 Å². The maximum Gasteiger partial charge on any atom is 0.322 e. The Bertz CT molecular complexity index is 591. The van der Waals surface area contributed by atoms with Gasteiger partial charge in [-0.3, -0.25) is 4.79 Å². The molecule has 23 heavy (non-hydrogen) atoms. The fraction of sp³-hybridized carbons (Fsp3) is 0.529. The van der Waals surface area contributed by atoms with E-state index < -0.39 is 0 Å². The molecule has 0 unspecified atom stereocenters. The molecule has 124 valence electrons. The van der Waals surface area contributed by atoms with E-state index in [9.17, 15) is 9.59 Å². The second-order valence-electron chi connectivity index (χ2n) is 6.03. The van der Waals surface area contributed by atoms with E-state index in [2.05, 4.69) is 5.32 Å². The largest absolute Gasteiger partial charge is 0.378 e. The Kier molecular flexibility index (Phi) is 4.81. The lowest BCUT2D eigenvalue weighted by Crippen LogP contribution is -2.43. The molecule has 0 saturated carbocycles. The molecular formula is C17H23N3O3. The topological polar surface area (TPSA) is 61.9 Å². The first kappa shape index (κ1) is 15.8. The molecule has 2 fully saturated rings. The van der Waals surface area contributed by atoms with Crippen LogP contribution >= 0.6 is 0 Å². The summed E-state index contributed by atoms with van der Waals surface area (Å²) in [6.07, 6.45) is 2.10. The van der Waals surface area contributed by atoms with Crippen molar-refractivity contribution in [2.45, 2.75) is 19.8 Å². The van der Waals surface area contributed by atoms with Crippen LogP contribution in [-0.2, 0) is 4.74 Å². The van der Waals surface area contributed by atoms with Crippen LogP contribution in [0.3, 0.4) is 0 Å². The molecule has 0 spiro atoms. The summed E-state index contributed by atoms with van der Waals surface area (Å²) in [5.74, 6) is 0.00322. The van der Waals surface area contributed by atoms with Gasteiger partial charge in [0.25, 0.3) is 5.91 Å². The highest BCUT2D eigenvalue weighted by Crippen LogP contribution is 2.24. The number of benzene rings is 1. The van der Waals surface area contributed by atoms with Crippen LogP contribution in [0.2, 0.25) is 0 Å². The number of likely N-dealkylation sites (tertiary alicyclic amines) is 1. The lowest BCUT2D eigenvalue weighted by molar-refractivity contribution is 0.0564.